The highest BCUT2D eigenvalue weighted by Crippen LogP contribution is 2.44. The molecule has 1 amide bonds. The van der Waals surface area contributed by atoms with Gasteiger partial charge in [0.2, 0.25) is 6.10 Å². The van der Waals surface area contributed by atoms with Gasteiger partial charge in [-0.15, -0.1) is 0 Å². The number of ether oxygens (including phenoxy) is 2. The summed E-state index contributed by atoms with van der Waals surface area (Å²) in [5, 5.41) is 10.6. The minimum atomic E-state index is -1.20. The van der Waals surface area contributed by atoms with E-state index in [1.165, 1.54) is 11.1 Å². The number of amides is 1. The van der Waals surface area contributed by atoms with Gasteiger partial charge in [-0.1, -0.05) is 54.6 Å². The Hall–Kier alpha value is -2.45. The number of aliphatic hydroxyl groups excluding tert-OH is 1. The second-order valence-electron chi connectivity index (χ2n) is 7.88. The second-order valence-corrected chi connectivity index (χ2v) is 7.88. The summed E-state index contributed by atoms with van der Waals surface area (Å²) in [6.07, 6.45) is -1.94. The lowest BCUT2D eigenvalue weighted by Crippen LogP contribution is -2.49. The molecule has 3 unspecified atom stereocenters. The van der Waals surface area contributed by atoms with Crippen molar-refractivity contribution in [1.82, 2.24) is 4.90 Å². The van der Waals surface area contributed by atoms with E-state index in [4.69, 9.17) is 9.47 Å². The number of carbonyl (C=O) groups excluding carboxylic acids is 1. The van der Waals surface area contributed by atoms with Gasteiger partial charge in [0.05, 0.1) is 12.2 Å². The molecule has 5 rings (SSSR count). The maximum atomic E-state index is 12.5. The zero-order chi connectivity index (χ0) is 20.0. The molecule has 29 heavy (non-hydrogen) atoms. The lowest BCUT2D eigenvalue weighted by molar-refractivity contribution is -0.560. The number of fused-ring (bicyclic) bond motifs is 2. The van der Waals surface area contributed by atoms with E-state index in [0.29, 0.717) is 30.0 Å². The van der Waals surface area contributed by atoms with Crippen molar-refractivity contribution in [2.45, 2.75) is 43.6 Å². The monoisotopic (exact) mass is 395 g/mol. The summed E-state index contributed by atoms with van der Waals surface area (Å²) in [4.78, 5) is 26.8. The van der Waals surface area contributed by atoms with Crippen LogP contribution in [0.3, 0.4) is 0 Å². The van der Waals surface area contributed by atoms with Crippen LogP contribution in [0.1, 0.15) is 35.6 Å². The van der Waals surface area contributed by atoms with Crippen LogP contribution in [-0.2, 0) is 26.5 Å². The molecule has 3 aliphatic rings. The van der Waals surface area contributed by atoms with Crippen molar-refractivity contribution in [3.63, 3.8) is 0 Å². The molecule has 1 N–H and O–H groups in total. The van der Waals surface area contributed by atoms with Gasteiger partial charge in [0.15, 0.2) is 0 Å². The molecule has 0 bridgehead atoms. The number of hydrogen-bond acceptors (Lipinski definition) is 6. The molecule has 2 aromatic rings. The Bertz CT molecular complexity index is 939. The number of likely N-dealkylation sites (tertiary alicyclic amines) is 1. The highest BCUT2D eigenvalue weighted by Gasteiger charge is 2.58. The van der Waals surface area contributed by atoms with E-state index in [1.807, 2.05) is 23.1 Å². The largest absolute Gasteiger partial charge is 0.469 e. The minimum absolute atomic E-state index is 0.327. The van der Waals surface area contributed by atoms with Crippen LogP contribution in [0, 0.1) is 4.91 Å². The summed E-state index contributed by atoms with van der Waals surface area (Å²) in [5.41, 5.74) is 2.66. The fourth-order valence-corrected chi connectivity index (χ4v) is 4.65. The average molecular weight is 395 g/mol. The number of aliphatic hydroxyl groups is 1. The first-order valence-electron chi connectivity index (χ1n) is 9.94. The Morgan fingerprint density at radius 3 is 2.52 bits per heavy atom. The summed E-state index contributed by atoms with van der Waals surface area (Å²) in [6, 6.07) is 17.0. The smallest absolute Gasteiger partial charge is 0.385 e. The first-order valence-corrected chi connectivity index (χ1v) is 9.94. The zero-order valence-corrected chi connectivity index (χ0v) is 15.9. The van der Waals surface area contributed by atoms with Crippen LogP contribution in [0.5, 0.6) is 0 Å². The van der Waals surface area contributed by atoms with Crippen LogP contribution in [-0.4, -0.2) is 46.2 Å². The Labute approximate surface area is 168 Å². The van der Waals surface area contributed by atoms with Crippen LogP contribution in [0.2, 0.25) is 0 Å². The second kappa shape index (κ2) is 7.11. The molecule has 2 saturated heterocycles. The molecule has 0 radical (unpaired) electrons. The van der Waals surface area contributed by atoms with Gasteiger partial charge in [-0.3, -0.25) is 4.74 Å². The number of nitrogens with zero attached hydrogens (tertiary/aromatic N) is 2. The zero-order valence-electron chi connectivity index (χ0n) is 15.9. The minimum Gasteiger partial charge on any atom is -0.385 e. The lowest BCUT2D eigenvalue weighted by Gasteiger charge is -2.38. The summed E-state index contributed by atoms with van der Waals surface area (Å²) in [6.45, 7) is 1.74. The third-order valence-corrected chi connectivity index (χ3v) is 6.29. The van der Waals surface area contributed by atoms with Crippen molar-refractivity contribution < 1.29 is 24.1 Å². The van der Waals surface area contributed by atoms with Crippen LogP contribution in [0.4, 0.5) is 0 Å². The number of rotatable bonds is 3. The number of nitroso groups, excluding NO2 is 1. The first kappa shape index (κ1) is 18.6. The predicted molar refractivity (Wildman–Crippen MR) is 102 cm³/mol. The summed E-state index contributed by atoms with van der Waals surface area (Å²) in [5.74, 6) is -0.742. The Morgan fingerprint density at radius 1 is 1.07 bits per heavy atom. The van der Waals surface area contributed by atoms with Gasteiger partial charge >= 0.3 is 12.3 Å². The van der Waals surface area contributed by atoms with Gasteiger partial charge in [-0.05, 0) is 29.5 Å². The van der Waals surface area contributed by atoms with E-state index in [2.05, 4.69) is 12.1 Å². The van der Waals surface area contributed by atoms with E-state index in [0.717, 1.165) is 12.8 Å². The summed E-state index contributed by atoms with van der Waals surface area (Å²) < 4.78 is 12.3. The maximum absolute atomic E-state index is 12.5. The van der Waals surface area contributed by atoms with E-state index in [-0.39, 0.29) is 5.60 Å². The number of hydrogen-bond donors (Lipinski definition) is 1. The van der Waals surface area contributed by atoms with E-state index >= 15 is 0 Å². The van der Waals surface area contributed by atoms with E-state index in [1.54, 1.807) is 24.3 Å². The van der Waals surface area contributed by atoms with E-state index in [9.17, 15) is 14.8 Å². The predicted octanol–water partition coefficient (Wildman–Crippen LogP) is 2.23. The van der Waals surface area contributed by atoms with Crippen LogP contribution in [0.25, 0.3) is 0 Å². The quantitative estimate of drug-likeness (QED) is 0.803. The molecule has 0 aliphatic carbocycles. The van der Waals surface area contributed by atoms with Gasteiger partial charge < -0.3 is 9.84 Å². The number of benzene rings is 2. The Kier molecular flexibility index (Phi) is 4.55. The molecule has 0 aromatic heterocycles. The Balaban J connectivity index is 1.29. The van der Waals surface area contributed by atoms with Gasteiger partial charge in [0.25, 0.3) is 0 Å². The van der Waals surface area contributed by atoms with Crippen molar-refractivity contribution in [3.05, 3.63) is 76.2 Å². The summed E-state index contributed by atoms with van der Waals surface area (Å²) in [7, 11) is 0. The highest BCUT2D eigenvalue weighted by molar-refractivity contribution is 5.74. The van der Waals surface area contributed by atoms with Crippen molar-refractivity contribution >= 4 is 5.91 Å². The van der Waals surface area contributed by atoms with Crippen molar-refractivity contribution in [3.8, 4) is 0 Å². The van der Waals surface area contributed by atoms with Crippen molar-refractivity contribution in [2.75, 3.05) is 13.1 Å². The van der Waals surface area contributed by atoms with Crippen molar-refractivity contribution in [1.29, 1.82) is 0 Å². The topological polar surface area (TPSA) is 79.1 Å². The molecule has 2 aromatic carbocycles. The number of carbonyl (C=O) groups is 1. The normalized spacial score (nSPS) is 27.3. The molecule has 0 saturated carbocycles. The highest BCUT2D eigenvalue weighted by atomic mass is 16.6. The van der Waals surface area contributed by atoms with Crippen LogP contribution >= 0.6 is 0 Å². The van der Waals surface area contributed by atoms with Crippen LogP contribution in [0.15, 0.2) is 54.6 Å². The molecule has 3 atom stereocenters. The standard InChI is InChI=1S/C22H23N2O5/c25-18(15-6-2-1-3-7-15)19-20(26)24(27)21(29-19)23-12-10-22(11-13-23)17-9-5-4-8-16(17)14-28-22/h1-9,18-19,21,25H,10-14H2/q+1. The molecule has 3 heterocycles. The first-order chi connectivity index (χ1) is 14.1. The third kappa shape index (κ3) is 3.02. The molecule has 2 fully saturated rings. The Morgan fingerprint density at radius 2 is 1.76 bits per heavy atom. The maximum Gasteiger partial charge on any atom is 0.469 e. The molecule has 7 nitrogen and oxygen atoms in total. The molecule has 1 spiro atoms. The molecular formula is C22H23N2O5+. The lowest BCUT2D eigenvalue weighted by atomic mass is 9.84. The van der Waals surface area contributed by atoms with Crippen molar-refractivity contribution in [2.24, 2.45) is 0 Å². The van der Waals surface area contributed by atoms with E-state index < -0.39 is 24.5 Å². The van der Waals surface area contributed by atoms with Gasteiger partial charge in [0, 0.05) is 18.0 Å². The molecule has 7 heteroatoms. The van der Waals surface area contributed by atoms with Gasteiger partial charge in [0.1, 0.15) is 10.9 Å². The fourth-order valence-electron chi connectivity index (χ4n) is 4.65. The van der Waals surface area contributed by atoms with Gasteiger partial charge in [-0.2, -0.15) is 0 Å². The van der Waals surface area contributed by atoms with Gasteiger partial charge in [-0.25, -0.2) is 9.69 Å². The molecule has 3 aliphatic heterocycles. The summed E-state index contributed by atoms with van der Waals surface area (Å²) >= 11 is 0. The fraction of sp³-hybridized carbons (Fsp3) is 0.409. The third-order valence-electron chi connectivity index (χ3n) is 6.29. The van der Waals surface area contributed by atoms with Crippen LogP contribution < -0.4 is 0 Å². The average Bonchev–Trinajstić information content (AvgIpc) is 3.27. The molecule has 150 valence electrons. The SMILES string of the molecule is O=C1C(C(O)c2ccccc2)OC(N2CCC3(CC2)OCc2ccccc23)[N+]1=O. The molecular weight excluding hydrogens is 372 g/mol. The number of piperidine rings is 1.